The standard InChI is InChI=1S/C31H44FNO8Si/c1-5-29(42(39-6-2,40-7-3)41-8-4)33-31(36)38-21-12-15-26(32)20-22-37-28-23-24(17-19-30(34)35)16-18-27(28)25-13-10-9-11-14-25/h9-11,13-14,16-19,23,26,29H,5-8,12,15,20-22H2,1-4H3,(H,33,36)(H,34,35)/b19-17+. The molecule has 2 unspecified atom stereocenters. The number of carboxylic acid groups (broad SMARTS) is 1. The van der Waals surface area contributed by atoms with E-state index in [1.165, 1.54) is 6.08 Å². The van der Waals surface area contributed by atoms with E-state index in [-0.39, 0.29) is 26.1 Å². The molecule has 2 aromatic carbocycles. The molecule has 9 nitrogen and oxygen atoms in total. The molecule has 42 heavy (non-hydrogen) atoms. The zero-order chi connectivity index (χ0) is 30.8. The van der Waals surface area contributed by atoms with Gasteiger partial charge in [0.2, 0.25) is 0 Å². The predicted octanol–water partition coefficient (Wildman–Crippen LogP) is 6.43. The number of benzene rings is 2. The maximum atomic E-state index is 14.7. The Morgan fingerprint density at radius 1 is 0.952 bits per heavy atom. The van der Waals surface area contributed by atoms with Crippen molar-refractivity contribution in [1.82, 2.24) is 5.32 Å². The van der Waals surface area contributed by atoms with Gasteiger partial charge in [0.1, 0.15) is 17.6 Å². The Morgan fingerprint density at radius 3 is 2.21 bits per heavy atom. The van der Waals surface area contributed by atoms with Gasteiger partial charge in [-0.3, -0.25) is 0 Å². The minimum atomic E-state index is -3.15. The lowest BCUT2D eigenvalue weighted by molar-refractivity contribution is -0.131. The van der Waals surface area contributed by atoms with Crippen molar-refractivity contribution < 1.29 is 41.8 Å². The second-order valence-corrected chi connectivity index (χ2v) is 12.1. The van der Waals surface area contributed by atoms with Crippen molar-refractivity contribution in [3.05, 3.63) is 60.2 Å². The van der Waals surface area contributed by atoms with Gasteiger partial charge in [0, 0.05) is 37.9 Å². The van der Waals surface area contributed by atoms with Gasteiger partial charge >= 0.3 is 20.9 Å². The van der Waals surface area contributed by atoms with Gasteiger partial charge in [0.15, 0.2) is 0 Å². The van der Waals surface area contributed by atoms with Crippen molar-refractivity contribution in [3.8, 4) is 16.9 Å². The van der Waals surface area contributed by atoms with E-state index in [4.69, 9.17) is 27.9 Å². The molecule has 0 aliphatic carbocycles. The maximum Gasteiger partial charge on any atom is 0.524 e. The van der Waals surface area contributed by atoms with Crippen LogP contribution in [0, 0.1) is 0 Å². The second-order valence-electron chi connectivity index (χ2n) is 9.31. The molecule has 0 saturated heterocycles. The molecule has 1 amide bonds. The molecule has 0 aliphatic rings. The van der Waals surface area contributed by atoms with Gasteiger partial charge in [0.25, 0.3) is 0 Å². The highest BCUT2D eigenvalue weighted by molar-refractivity contribution is 6.62. The van der Waals surface area contributed by atoms with E-state index < -0.39 is 32.7 Å². The zero-order valence-electron chi connectivity index (χ0n) is 25.0. The SMILES string of the molecule is CCO[Si](OCC)(OCC)C(CC)NC(=O)OCCCC(F)CCOc1cc(/C=C/C(=O)O)ccc1-c1ccccc1. The lowest BCUT2D eigenvalue weighted by atomic mass is 10.0. The molecule has 11 heteroatoms. The Hall–Kier alpha value is -3.25. The quantitative estimate of drug-likeness (QED) is 0.101. The van der Waals surface area contributed by atoms with Crippen molar-refractivity contribution >= 4 is 26.9 Å². The van der Waals surface area contributed by atoms with Crippen LogP contribution in [-0.4, -0.2) is 70.8 Å². The summed E-state index contributed by atoms with van der Waals surface area (Å²) in [6.07, 6.45) is 2.01. The summed E-state index contributed by atoms with van der Waals surface area (Å²) in [5, 5.41) is 11.8. The van der Waals surface area contributed by atoms with E-state index >= 15 is 0 Å². The maximum absolute atomic E-state index is 14.7. The molecule has 0 radical (unpaired) electrons. The molecule has 0 aliphatic heterocycles. The molecule has 0 fully saturated rings. The van der Waals surface area contributed by atoms with Gasteiger partial charge in [-0.05, 0) is 63.3 Å². The number of alkyl carbamates (subject to hydrolysis) is 1. The molecule has 0 saturated carbocycles. The number of carbonyl (C=O) groups is 2. The van der Waals surface area contributed by atoms with Gasteiger partial charge in [-0.2, -0.15) is 0 Å². The fraction of sp³-hybridized carbons (Fsp3) is 0.484. The van der Waals surface area contributed by atoms with Crippen LogP contribution in [0.1, 0.15) is 58.9 Å². The first-order valence-corrected chi connectivity index (χ1v) is 16.3. The van der Waals surface area contributed by atoms with E-state index in [0.717, 1.165) is 17.2 Å². The van der Waals surface area contributed by atoms with Crippen molar-refractivity contribution in [2.75, 3.05) is 33.0 Å². The van der Waals surface area contributed by atoms with Gasteiger partial charge < -0.3 is 33.2 Å². The monoisotopic (exact) mass is 605 g/mol. The summed E-state index contributed by atoms with van der Waals surface area (Å²) in [5.41, 5.74) is 1.96. The number of carboxylic acids is 1. The number of ether oxygens (including phenoxy) is 2. The molecular weight excluding hydrogens is 561 g/mol. The predicted molar refractivity (Wildman–Crippen MR) is 162 cm³/mol. The van der Waals surface area contributed by atoms with Crippen LogP contribution < -0.4 is 10.1 Å². The van der Waals surface area contributed by atoms with E-state index in [2.05, 4.69) is 5.32 Å². The van der Waals surface area contributed by atoms with Crippen molar-refractivity contribution in [2.24, 2.45) is 0 Å². The summed E-state index contributed by atoms with van der Waals surface area (Å²) in [6, 6.07) is 15.0. The molecule has 232 valence electrons. The van der Waals surface area contributed by atoms with Crippen LogP contribution in [0.15, 0.2) is 54.6 Å². The molecule has 2 N–H and O–H groups in total. The number of rotatable bonds is 20. The summed E-state index contributed by atoms with van der Waals surface area (Å²) in [5.74, 6) is -0.509. The molecule has 2 atom stereocenters. The summed E-state index contributed by atoms with van der Waals surface area (Å²) in [7, 11) is -3.15. The summed E-state index contributed by atoms with van der Waals surface area (Å²) in [6.45, 7) is 8.82. The summed E-state index contributed by atoms with van der Waals surface area (Å²) < 4.78 is 43.6. The van der Waals surface area contributed by atoms with E-state index in [1.54, 1.807) is 12.1 Å². The number of halogens is 1. The molecule has 0 bridgehead atoms. The number of hydrogen-bond donors (Lipinski definition) is 2. The van der Waals surface area contributed by atoms with Gasteiger partial charge in [0.05, 0.1) is 13.2 Å². The lowest BCUT2D eigenvalue weighted by Crippen LogP contribution is -2.62. The third-order valence-corrected chi connectivity index (χ3v) is 9.74. The van der Waals surface area contributed by atoms with Crippen molar-refractivity contribution in [2.45, 2.75) is 65.2 Å². The Labute approximate surface area is 249 Å². The Morgan fingerprint density at radius 2 is 1.62 bits per heavy atom. The number of aliphatic carboxylic acids is 1. The smallest absolute Gasteiger partial charge is 0.493 e. The van der Waals surface area contributed by atoms with Gasteiger partial charge in [-0.15, -0.1) is 0 Å². The fourth-order valence-corrected chi connectivity index (χ4v) is 7.21. The van der Waals surface area contributed by atoms with Crippen LogP contribution in [0.25, 0.3) is 17.2 Å². The summed E-state index contributed by atoms with van der Waals surface area (Å²) in [4.78, 5) is 23.4. The average molecular weight is 606 g/mol. The van der Waals surface area contributed by atoms with Gasteiger partial charge in [-0.1, -0.05) is 49.4 Å². The molecule has 2 aromatic rings. The second kappa shape index (κ2) is 19.0. The highest BCUT2D eigenvalue weighted by Gasteiger charge is 2.49. The highest BCUT2D eigenvalue weighted by atomic mass is 28.4. The minimum Gasteiger partial charge on any atom is -0.493 e. The molecule has 2 rings (SSSR count). The van der Waals surface area contributed by atoms with Crippen LogP contribution in [0.2, 0.25) is 0 Å². The Balaban J connectivity index is 1.86. The topological polar surface area (TPSA) is 113 Å². The number of alkyl halides is 1. The van der Waals surface area contributed by atoms with E-state index in [9.17, 15) is 14.0 Å². The van der Waals surface area contributed by atoms with Crippen molar-refractivity contribution in [1.29, 1.82) is 0 Å². The van der Waals surface area contributed by atoms with Crippen LogP contribution in [0.3, 0.4) is 0 Å². The fourth-order valence-electron chi connectivity index (χ4n) is 4.35. The minimum absolute atomic E-state index is 0.0616. The highest BCUT2D eigenvalue weighted by Crippen LogP contribution is 2.32. The molecule has 0 aromatic heterocycles. The Bertz CT molecular complexity index is 1100. The van der Waals surface area contributed by atoms with E-state index in [0.29, 0.717) is 44.0 Å². The van der Waals surface area contributed by atoms with Crippen molar-refractivity contribution in [3.63, 3.8) is 0 Å². The molecule has 0 spiro atoms. The molecular formula is C31H44FNO8Si. The summed E-state index contributed by atoms with van der Waals surface area (Å²) >= 11 is 0. The first-order chi connectivity index (χ1) is 20.3. The Kier molecular flexibility index (Phi) is 15.8. The van der Waals surface area contributed by atoms with Crippen LogP contribution in [0.5, 0.6) is 5.75 Å². The third kappa shape index (κ3) is 11.6. The number of carbonyl (C=O) groups excluding carboxylic acids is 1. The zero-order valence-corrected chi connectivity index (χ0v) is 26.0. The lowest BCUT2D eigenvalue weighted by Gasteiger charge is -2.34. The average Bonchev–Trinajstić information content (AvgIpc) is 2.98. The van der Waals surface area contributed by atoms with Gasteiger partial charge in [-0.25, -0.2) is 14.0 Å². The first kappa shape index (κ1) is 34.9. The first-order valence-electron chi connectivity index (χ1n) is 14.5. The van der Waals surface area contributed by atoms with E-state index in [1.807, 2.05) is 64.1 Å². The number of amides is 1. The largest absolute Gasteiger partial charge is 0.524 e. The third-order valence-electron chi connectivity index (χ3n) is 6.26. The van der Waals surface area contributed by atoms with Crippen LogP contribution >= 0.6 is 0 Å². The number of nitrogens with one attached hydrogen (secondary N) is 1. The number of hydrogen-bond acceptors (Lipinski definition) is 7. The van der Waals surface area contributed by atoms with Crippen LogP contribution in [-0.2, 0) is 22.8 Å². The molecule has 0 heterocycles. The van der Waals surface area contributed by atoms with Crippen LogP contribution in [0.4, 0.5) is 9.18 Å². The normalized spacial score (nSPS) is 13.1.